The van der Waals surface area contributed by atoms with Crippen molar-refractivity contribution in [1.29, 1.82) is 0 Å². The lowest BCUT2D eigenvalue weighted by Crippen LogP contribution is -2.41. The maximum absolute atomic E-state index is 12.4. The fourth-order valence-electron chi connectivity index (χ4n) is 2.87. The predicted molar refractivity (Wildman–Crippen MR) is 83.0 cm³/mol. The van der Waals surface area contributed by atoms with Crippen LogP contribution in [0.2, 0.25) is 0 Å². The molecule has 1 aromatic rings. The lowest BCUT2D eigenvalue weighted by Gasteiger charge is -2.29. The Bertz CT molecular complexity index is 487. The van der Waals surface area contributed by atoms with Crippen LogP contribution in [0.1, 0.15) is 49.9 Å². The standard InChI is InChI=1S/C17H25NO3/c1-4-21-16-11-13(9-10-15(16)20-3)17(19)18-14-8-6-5-7-12(14)2/h9-12,14H,4-8H2,1-3H3,(H,18,19)/t12-,14+/m1/s1. The molecule has 1 aliphatic rings. The SMILES string of the molecule is CCOc1cc(C(=O)N[C@H]2CCCC[C@H]2C)ccc1OC. The molecule has 1 N–H and O–H groups in total. The van der Waals surface area contributed by atoms with Gasteiger partial charge in [0, 0.05) is 11.6 Å². The van der Waals surface area contributed by atoms with E-state index in [1.54, 1.807) is 25.3 Å². The van der Waals surface area contributed by atoms with Gasteiger partial charge in [0.1, 0.15) is 0 Å². The molecular formula is C17H25NO3. The van der Waals surface area contributed by atoms with Crippen LogP contribution in [-0.4, -0.2) is 25.7 Å². The summed E-state index contributed by atoms with van der Waals surface area (Å²) in [4.78, 5) is 12.4. The molecule has 0 aromatic heterocycles. The first kappa shape index (κ1) is 15.7. The quantitative estimate of drug-likeness (QED) is 0.904. The summed E-state index contributed by atoms with van der Waals surface area (Å²) in [7, 11) is 1.60. The Kier molecular flexibility index (Phi) is 5.48. The number of nitrogens with one attached hydrogen (secondary N) is 1. The van der Waals surface area contributed by atoms with Crippen LogP contribution in [-0.2, 0) is 0 Å². The fraction of sp³-hybridized carbons (Fsp3) is 0.588. The first-order chi connectivity index (χ1) is 10.2. The van der Waals surface area contributed by atoms with Gasteiger partial charge in [-0.15, -0.1) is 0 Å². The molecule has 0 aliphatic heterocycles. The third-order valence-electron chi connectivity index (χ3n) is 4.15. The van der Waals surface area contributed by atoms with Crippen LogP contribution < -0.4 is 14.8 Å². The zero-order valence-corrected chi connectivity index (χ0v) is 13.1. The summed E-state index contributed by atoms with van der Waals surface area (Å²) in [6.45, 7) is 4.67. The predicted octanol–water partition coefficient (Wildman–Crippen LogP) is 3.40. The van der Waals surface area contributed by atoms with Crippen LogP contribution in [0.15, 0.2) is 18.2 Å². The summed E-state index contributed by atoms with van der Waals surface area (Å²) >= 11 is 0. The summed E-state index contributed by atoms with van der Waals surface area (Å²) in [6, 6.07) is 5.60. The number of carbonyl (C=O) groups is 1. The first-order valence-corrected chi connectivity index (χ1v) is 7.77. The van der Waals surface area contributed by atoms with E-state index in [9.17, 15) is 4.79 Å². The fourth-order valence-corrected chi connectivity index (χ4v) is 2.87. The summed E-state index contributed by atoms with van der Waals surface area (Å²) in [6.07, 6.45) is 4.73. The van der Waals surface area contributed by atoms with Crippen molar-refractivity contribution in [3.05, 3.63) is 23.8 Å². The van der Waals surface area contributed by atoms with Gasteiger partial charge in [0.25, 0.3) is 5.91 Å². The van der Waals surface area contributed by atoms with Gasteiger partial charge in [0.2, 0.25) is 0 Å². The molecule has 1 amide bonds. The van der Waals surface area contributed by atoms with Crippen molar-refractivity contribution < 1.29 is 14.3 Å². The molecule has 1 aromatic carbocycles. The number of ether oxygens (including phenoxy) is 2. The number of hydrogen-bond donors (Lipinski definition) is 1. The second-order valence-corrected chi connectivity index (χ2v) is 5.64. The number of carbonyl (C=O) groups excluding carboxylic acids is 1. The lowest BCUT2D eigenvalue weighted by atomic mass is 9.86. The average molecular weight is 291 g/mol. The Hall–Kier alpha value is -1.71. The monoisotopic (exact) mass is 291 g/mol. The van der Waals surface area contributed by atoms with Gasteiger partial charge in [0.05, 0.1) is 13.7 Å². The summed E-state index contributed by atoms with van der Waals surface area (Å²) in [5, 5.41) is 3.16. The van der Waals surface area contributed by atoms with Gasteiger partial charge in [-0.05, 0) is 43.9 Å². The van der Waals surface area contributed by atoms with Crippen molar-refractivity contribution >= 4 is 5.91 Å². The van der Waals surface area contributed by atoms with Crippen molar-refractivity contribution in [2.75, 3.05) is 13.7 Å². The number of benzene rings is 1. The molecule has 0 bridgehead atoms. The van der Waals surface area contributed by atoms with E-state index < -0.39 is 0 Å². The Morgan fingerprint density at radius 1 is 1.29 bits per heavy atom. The molecule has 0 heterocycles. The maximum Gasteiger partial charge on any atom is 0.251 e. The van der Waals surface area contributed by atoms with Crippen molar-refractivity contribution in [3.8, 4) is 11.5 Å². The van der Waals surface area contributed by atoms with Crippen molar-refractivity contribution in [3.63, 3.8) is 0 Å². The highest BCUT2D eigenvalue weighted by molar-refractivity contribution is 5.95. The third kappa shape index (κ3) is 3.90. The van der Waals surface area contributed by atoms with E-state index in [0.29, 0.717) is 29.6 Å². The molecule has 1 fully saturated rings. The van der Waals surface area contributed by atoms with Crippen molar-refractivity contribution in [2.45, 2.75) is 45.6 Å². The normalized spacial score (nSPS) is 21.7. The summed E-state index contributed by atoms with van der Waals surface area (Å²) in [5.41, 5.74) is 0.622. The van der Waals surface area contributed by atoms with Gasteiger partial charge in [0.15, 0.2) is 11.5 Å². The maximum atomic E-state index is 12.4. The number of rotatable bonds is 5. The average Bonchev–Trinajstić information content (AvgIpc) is 2.50. The van der Waals surface area contributed by atoms with Crippen LogP contribution in [0.25, 0.3) is 0 Å². The van der Waals surface area contributed by atoms with Crippen molar-refractivity contribution in [1.82, 2.24) is 5.32 Å². The molecule has 1 saturated carbocycles. The van der Waals surface area contributed by atoms with E-state index in [4.69, 9.17) is 9.47 Å². The molecule has 0 unspecified atom stereocenters. The van der Waals surface area contributed by atoms with E-state index in [0.717, 1.165) is 6.42 Å². The first-order valence-electron chi connectivity index (χ1n) is 7.77. The molecule has 1 aliphatic carbocycles. The zero-order valence-electron chi connectivity index (χ0n) is 13.1. The molecule has 4 nitrogen and oxygen atoms in total. The Morgan fingerprint density at radius 2 is 2.05 bits per heavy atom. The number of methoxy groups -OCH3 is 1. The third-order valence-corrected chi connectivity index (χ3v) is 4.15. The molecular weight excluding hydrogens is 266 g/mol. The molecule has 4 heteroatoms. The smallest absolute Gasteiger partial charge is 0.251 e. The van der Waals surface area contributed by atoms with Gasteiger partial charge < -0.3 is 14.8 Å². The van der Waals surface area contributed by atoms with E-state index in [1.165, 1.54) is 19.3 Å². The van der Waals surface area contributed by atoms with Crippen LogP contribution in [0, 0.1) is 5.92 Å². The van der Waals surface area contributed by atoms with Gasteiger partial charge >= 0.3 is 0 Å². The minimum Gasteiger partial charge on any atom is -0.493 e. The highest BCUT2D eigenvalue weighted by atomic mass is 16.5. The molecule has 2 atom stereocenters. The molecule has 0 radical (unpaired) electrons. The topological polar surface area (TPSA) is 47.6 Å². The Labute approximate surface area is 126 Å². The number of hydrogen-bond acceptors (Lipinski definition) is 3. The zero-order chi connectivity index (χ0) is 15.2. The highest BCUT2D eigenvalue weighted by Crippen LogP contribution is 2.29. The molecule has 0 saturated heterocycles. The second kappa shape index (κ2) is 7.34. The molecule has 21 heavy (non-hydrogen) atoms. The van der Waals surface area contributed by atoms with Gasteiger partial charge in [-0.2, -0.15) is 0 Å². The van der Waals surface area contributed by atoms with Crippen LogP contribution in [0.4, 0.5) is 0 Å². The van der Waals surface area contributed by atoms with Gasteiger partial charge in [-0.3, -0.25) is 4.79 Å². The van der Waals surface area contributed by atoms with E-state index >= 15 is 0 Å². The molecule has 2 rings (SSSR count). The van der Waals surface area contributed by atoms with Crippen LogP contribution >= 0.6 is 0 Å². The van der Waals surface area contributed by atoms with E-state index in [-0.39, 0.29) is 11.9 Å². The van der Waals surface area contributed by atoms with Gasteiger partial charge in [-0.1, -0.05) is 19.8 Å². The minimum absolute atomic E-state index is 0.0302. The summed E-state index contributed by atoms with van der Waals surface area (Å²) < 4.78 is 10.8. The van der Waals surface area contributed by atoms with Crippen LogP contribution in [0.3, 0.4) is 0 Å². The minimum atomic E-state index is -0.0302. The second-order valence-electron chi connectivity index (χ2n) is 5.64. The molecule has 0 spiro atoms. The Balaban J connectivity index is 2.09. The highest BCUT2D eigenvalue weighted by Gasteiger charge is 2.23. The molecule has 116 valence electrons. The number of amides is 1. The van der Waals surface area contributed by atoms with Gasteiger partial charge in [-0.25, -0.2) is 0 Å². The summed E-state index contributed by atoms with van der Waals surface area (Å²) in [5.74, 6) is 1.79. The van der Waals surface area contributed by atoms with E-state index in [1.807, 2.05) is 6.92 Å². The lowest BCUT2D eigenvalue weighted by molar-refractivity contribution is 0.0909. The van der Waals surface area contributed by atoms with Crippen LogP contribution in [0.5, 0.6) is 11.5 Å². The van der Waals surface area contributed by atoms with Crippen molar-refractivity contribution in [2.24, 2.45) is 5.92 Å². The largest absolute Gasteiger partial charge is 0.493 e. The van der Waals surface area contributed by atoms with E-state index in [2.05, 4.69) is 12.2 Å². The Morgan fingerprint density at radius 3 is 2.71 bits per heavy atom.